The molecule has 0 amide bonds. The first-order valence-corrected chi connectivity index (χ1v) is 11.3. The van der Waals surface area contributed by atoms with Crippen LogP contribution >= 0.6 is 22.7 Å². The first kappa shape index (κ1) is 18.5. The van der Waals surface area contributed by atoms with Gasteiger partial charge in [-0.15, -0.1) is 22.7 Å². The molecule has 0 saturated heterocycles. The summed E-state index contributed by atoms with van der Waals surface area (Å²) in [6.45, 7) is 0. The molecule has 1 aliphatic heterocycles. The number of methoxy groups -OCH3 is 2. The maximum absolute atomic E-state index is 13.4. The average Bonchev–Trinajstić information content (AvgIpc) is 3.45. The van der Waals surface area contributed by atoms with Crippen LogP contribution in [-0.4, -0.2) is 20.0 Å². The molecule has 6 heteroatoms. The second kappa shape index (κ2) is 7.35. The number of fused-ring (bicyclic) bond motifs is 1. The molecule has 1 N–H and O–H groups in total. The van der Waals surface area contributed by atoms with Crippen molar-refractivity contribution in [3.05, 3.63) is 73.7 Å². The van der Waals surface area contributed by atoms with E-state index in [9.17, 15) is 4.79 Å². The number of anilines is 1. The standard InChI is InChI=1S/C23H21NO3S2/c1-26-18-11-14-15(12-19(18)27-2)24-16-9-13(20-5-3-7-28-20)10-17(25)23(16)22(14)21-6-4-8-29-21/h3-8,11-13,22,24H,9-10H2,1-2H3/t13-,22+/m0/s1. The van der Waals surface area contributed by atoms with E-state index in [1.807, 2.05) is 18.2 Å². The Bertz CT molecular complexity index is 1080. The average molecular weight is 424 g/mol. The Morgan fingerprint density at radius 3 is 2.31 bits per heavy atom. The lowest BCUT2D eigenvalue weighted by atomic mass is 9.74. The molecular formula is C23H21NO3S2. The van der Waals surface area contributed by atoms with Gasteiger partial charge in [0.05, 0.1) is 20.1 Å². The minimum atomic E-state index is -0.0714. The number of rotatable bonds is 4. The normalized spacial score (nSPS) is 20.7. The van der Waals surface area contributed by atoms with Crippen LogP contribution in [0.3, 0.4) is 0 Å². The van der Waals surface area contributed by atoms with Crippen LogP contribution in [0.15, 0.2) is 58.4 Å². The van der Waals surface area contributed by atoms with Crippen LogP contribution in [0.4, 0.5) is 5.69 Å². The predicted molar refractivity (Wildman–Crippen MR) is 118 cm³/mol. The second-order valence-corrected chi connectivity index (χ2v) is 9.26. The zero-order valence-corrected chi connectivity index (χ0v) is 17.9. The highest BCUT2D eigenvalue weighted by atomic mass is 32.1. The Hall–Kier alpha value is -2.57. The van der Waals surface area contributed by atoms with Gasteiger partial charge < -0.3 is 14.8 Å². The van der Waals surface area contributed by atoms with E-state index in [2.05, 4.69) is 34.3 Å². The fourth-order valence-electron chi connectivity index (χ4n) is 4.42. The summed E-state index contributed by atoms with van der Waals surface area (Å²) in [4.78, 5) is 15.8. The van der Waals surface area contributed by atoms with Crippen LogP contribution in [0.2, 0.25) is 0 Å². The van der Waals surface area contributed by atoms with E-state index in [0.717, 1.165) is 28.9 Å². The number of carbonyl (C=O) groups excluding carboxylic acids is 1. The third-order valence-electron chi connectivity index (χ3n) is 5.72. The Balaban J connectivity index is 1.66. The number of ketones is 1. The number of hydrogen-bond donors (Lipinski definition) is 1. The van der Waals surface area contributed by atoms with Crippen molar-refractivity contribution in [3.8, 4) is 11.5 Å². The van der Waals surface area contributed by atoms with Gasteiger partial charge in [0.15, 0.2) is 17.3 Å². The molecule has 2 aliphatic rings. The molecule has 0 bridgehead atoms. The second-order valence-electron chi connectivity index (χ2n) is 7.30. The van der Waals surface area contributed by atoms with E-state index in [1.54, 1.807) is 36.9 Å². The van der Waals surface area contributed by atoms with Gasteiger partial charge in [0.25, 0.3) is 0 Å². The molecule has 4 nitrogen and oxygen atoms in total. The molecule has 5 rings (SSSR count). The van der Waals surface area contributed by atoms with Gasteiger partial charge in [-0.05, 0) is 40.9 Å². The number of nitrogens with one attached hydrogen (secondary N) is 1. The smallest absolute Gasteiger partial charge is 0.162 e. The van der Waals surface area contributed by atoms with Crippen molar-refractivity contribution >= 4 is 34.1 Å². The first-order valence-electron chi connectivity index (χ1n) is 9.55. The molecule has 2 atom stereocenters. The van der Waals surface area contributed by atoms with Crippen molar-refractivity contribution in [1.29, 1.82) is 0 Å². The molecule has 1 aliphatic carbocycles. The van der Waals surface area contributed by atoms with E-state index in [-0.39, 0.29) is 17.6 Å². The Kier molecular flexibility index (Phi) is 4.68. The van der Waals surface area contributed by atoms with Crippen LogP contribution in [0.1, 0.15) is 40.0 Å². The van der Waals surface area contributed by atoms with Gasteiger partial charge in [0.1, 0.15) is 0 Å². The van der Waals surface area contributed by atoms with Crippen LogP contribution in [-0.2, 0) is 4.79 Å². The highest BCUT2D eigenvalue weighted by molar-refractivity contribution is 7.10. The molecule has 3 aromatic rings. The van der Waals surface area contributed by atoms with E-state index in [1.165, 1.54) is 9.75 Å². The minimum Gasteiger partial charge on any atom is -0.493 e. The summed E-state index contributed by atoms with van der Waals surface area (Å²) in [7, 11) is 3.29. The van der Waals surface area contributed by atoms with Crippen molar-refractivity contribution in [2.75, 3.05) is 19.5 Å². The quantitative estimate of drug-likeness (QED) is 0.577. The van der Waals surface area contributed by atoms with E-state index < -0.39 is 0 Å². The zero-order chi connectivity index (χ0) is 20.0. The predicted octanol–water partition coefficient (Wildman–Crippen LogP) is 5.79. The molecule has 29 heavy (non-hydrogen) atoms. The molecule has 2 aromatic heterocycles. The minimum absolute atomic E-state index is 0.0714. The maximum Gasteiger partial charge on any atom is 0.162 e. The molecule has 0 saturated carbocycles. The largest absolute Gasteiger partial charge is 0.493 e. The number of benzene rings is 1. The molecule has 148 valence electrons. The lowest BCUT2D eigenvalue weighted by Gasteiger charge is -2.36. The lowest BCUT2D eigenvalue weighted by Crippen LogP contribution is -2.29. The Labute approximate surface area is 177 Å². The maximum atomic E-state index is 13.4. The Morgan fingerprint density at radius 1 is 0.966 bits per heavy atom. The third kappa shape index (κ3) is 3.07. The summed E-state index contributed by atoms with van der Waals surface area (Å²) in [6, 6.07) is 12.3. The van der Waals surface area contributed by atoms with Crippen molar-refractivity contribution in [2.24, 2.45) is 0 Å². The van der Waals surface area contributed by atoms with Crippen LogP contribution in [0.5, 0.6) is 11.5 Å². The van der Waals surface area contributed by atoms with Gasteiger partial charge in [0, 0.05) is 45.1 Å². The topological polar surface area (TPSA) is 47.6 Å². The number of hydrogen-bond acceptors (Lipinski definition) is 6. The molecule has 0 unspecified atom stereocenters. The van der Waals surface area contributed by atoms with Gasteiger partial charge in [-0.25, -0.2) is 0 Å². The molecule has 1 aromatic carbocycles. The van der Waals surface area contributed by atoms with Gasteiger partial charge in [-0.3, -0.25) is 4.79 Å². The van der Waals surface area contributed by atoms with Crippen molar-refractivity contribution in [2.45, 2.75) is 24.7 Å². The summed E-state index contributed by atoms with van der Waals surface area (Å²) in [5.74, 6) is 1.76. The number of Topliss-reactive ketones (excluding diaryl/α,β-unsaturated/α-hetero) is 1. The summed E-state index contributed by atoms with van der Waals surface area (Å²) in [5, 5.41) is 7.72. The summed E-state index contributed by atoms with van der Waals surface area (Å²) in [6.07, 6.45) is 1.41. The number of thiophene rings is 2. The summed E-state index contributed by atoms with van der Waals surface area (Å²) < 4.78 is 11.1. The van der Waals surface area contributed by atoms with E-state index in [0.29, 0.717) is 17.9 Å². The van der Waals surface area contributed by atoms with Crippen LogP contribution < -0.4 is 14.8 Å². The molecule has 0 radical (unpaired) electrons. The van der Waals surface area contributed by atoms with Crippen molar-refractivity contribution in [1.82, 2.24) is 0 Å². The van der Waals surface area contributed by atoms with E-state index >= 15 is 0 Å². The molecule has 0 spiro atoms. The number of ether oxygens (including phenoxy) is 2. The molecule has 0 fully saturated rings. The number of carbonyl (C=O) groups is 1. The summed E-state index contributed by atoms with van der Waals surface area (Å²) in [5.41, 5.74) is 3.99. The molecular weight excluding hydrogens is 402 g/mol. The highest BCUT2D eigenvalue weighted by Crippen LogP contribution is 2.51. The van der Waals surface area contributed by atoms with Crippen LogP contribution in [0, 0.1) is 0 Å². The Morgan fingerprint density at radius 2 is 1.66 bits per heavy atom. The number of allylic oxidation sites excluding steroid dienone is 2. The van der Waals surface area contributed by atoms with Gasteiger partial charge in [-0.2, -0.15) is 0 Å². The van der Waals surface area contributed by atoms with Gasteiger partial charge in [0.2, 0.25) is 0 Å². The zero-order valence-electron chi connectivity index (χ0n) is 16.2. The summed E-state index contributed by atoms with van der Waals surface area (Å²) >= 11 is 3.42. The van der Waals surface area contributed by atoms with Gasteiger partial charge in [-0.1, -0.05) is 12.1 Å². The van der Waals surface area contributed by atoms with Crippen molar-refractivity contribution < 1.29 is 14.3 Å². The third-order valence-corrected chi connectivity index (χ3v) is 7.69. The highest BCUT2D eigenvalue weighted by Gasteiger charge is 2.39. The fraction of sp³-hybridized carbons (Fsp3) is 0.261. The fourth-order valence-corrected chi connectivity index (χ4v) is 6.10. The molecule has 3 heterocycles. The monoisotopic (exact) mass is 423 g/mol. The van der Waals surface area contributed by atoms with Crippen LogP contribution in [0.25, 0.3) is 0 Å². The van der Waals surface area contributed by atoms with Gasteiger partial charge >= 0.3 is 0 Å². The lowest BCUT2D eigenvalue weighted by molar-refractivity contribution is -0.116. The SMILES string of the molecule is COc1cc2c(cc1OC)[C@H](c1cccs1)C1=C(C[C@H](c3cccs3)CC1=O)N2. The van der Waals surface area contributed by atoms with Crippen molar-refractivity contribution in [3.63, 3.8) is 0 Å². The van der Waals surface area contributed by atoms with E-state index in [4.69, 9.17) is 9.47 Å². The first-order chi connectivity index (χ1) is 14.2.